The van der Waals surface area contributed by atoms with Gasteiger partial charge < -0.3 is 0 Å². The molecular formula is C24H25N5. The topological polar surface area (TPSA) is 56.5 Å². The van der Waals surface area contributed by atoms with Gasteiger partial charge in [-0.05, 0) is 47.2 Å². The fourth-order valence-electron chi connectivity index (χ4n) is 3.64. The molecule has 0 saturated carbocycles. The van der Waals surface area contributed by atoms with Crippen molar-refractivity contribution in [1.29, 1.82) is 0 Å². The highest BCUT2D eigenvalue weighted by molar-refractivity contribution is 5.61. The van der Waals surface area contributed by atoms with Gasteiger partial charge in [0.2, 0.25) is 0 Å². The highest BCUT2D eigenvalue weighted by Crippen LogP contribution is 2.31. The molecule has 0 aromatic carbocycles. The van der Waals surface area contributed by atoms with E-state index in [4.69, 9.17) is 4.98 Å². The van der Waals surface area contributed by atoms with Crippen molar-refractivity contribution in [3.05, 3.63) is 96.5 Å². The van der Waals surface area contributed by atoms with Gasteiger partial charge in [0.15, 0.2) is 0 Å². The SMILES string of the molecule is CC(C)Cn1cc(-c2ncccc2CC(c2cccnc2)c2cccnc2)cn1. The van der Waals surface area contributed by atoms with Crippen LogP contribution in [0.5, 0.6) is 0 Å². The summed E-state index contributed by atoms with van der Waals surface area (Å²) in [5.41, 5.74) is 5.57. The van der Waals surface area contributed by atoms with Gasteiger partial charge in [0, 0.05) is 55.2 Å². The van der Waals surface area contributed by atoms with Crippen LogP contribution in [0.2, 0.25) is 0 Å². The van der Waals surface area contributed by atoms with Gasteiger partial charge in [-0.1, -0.05) is 32.0 Å². The molecule has 0 aliphatic carbocycles. The molecule has 5 heteroatoms. The van der Waals surface area contributed by atoms with E-state index >= 15 is 0 Å². The summed E-state index contributed by atoms with van der Waals surface area (Å²) in [6, 6.07) is 12.4. The Balaban J connectivity index is 1.70. The first kappa shape index (κ1) is 19.0. The van der Waals surface area contributed by atoms with E-state index in [-0.39, 0.29) is 5.92 Å². The van der Waals surface area contributed by atoms with Crippen LogP contribution in [0.3, 0.4) is 0 Å². The standard InChI is InChI=1S/C24H25N5/c1-18(2)16-29-17-22(15-28-29)24-19(6-5-11-27-24)12-23(20-7-3-9-25-13-20)21-8-4-10-26-14-21/h3-11,13-15,17-18,23H,12,16H2,1-2H3. The molecular weight excluding hydrogens is 358 g/mol. The Kier molecular flexibility index (Phi) is 5.75. The number of rotatable bonds is 7. The lowest BCUT2D eigenvalue weighted by Crippen LogP contribution is -2.07. The molecule has 0 atom stereocenters. The monoisotopic (exact) mass is 383 g/mol. The molecule has 0 N–H and O–H groups in total. The second-order valence-corrected chi connectivity index (χ2v) is 7.69. The minimum atomic E-state index is 0.158. The normalized spacial score (nSPS) is 11.3. The minimum absolute atomic E-state index is 0.158. The van der Waals surface area contributed by atoms with E-state index in [1.807, 2.05) is 60.1 Å². The number of hydrogen-bond donors (Lipinski definition) is 0. The van der Waals surface area contributed by atoms with Gasteiger partial charge in [-0.3, -0.25) is 19.6 Å². The number of aromatic nitrogens is 5. The van der Waals surface area contributed by atoms with E-state index in [1.165, 1.54) is 16.7 Å². The van der Waals surface area contributed by atoms with Gasteiger partial charge in [-0.15, -0.1) is 0 Å². The predicted molar refractivity (Wildman–Crippen MR) is 114 cm³/mol. The largest absolute Gasteiger partial charge is 0.272 e. The van der Waals surface area contributed by atoms with Crippen molar-refractivity contribution in [3.8, 4) is 11.3 Å². The minimum Gasteiger partial charge on any atom is -0.272 e. The molecule has 4 aromatic heterocycles. The fraction of sp³-hybridized carbons (Fsp3) is 0.250. The zero-order chi connectivity index (χ0) is 20.1. The summed E-state index contributed by atoms with van der Waals surface area (Å²) in [5.74, 6) is 0.706. The smallest absolute Gasteiger partial charge is 0.0765 e. The van der Waals surface area contributed by atoms with Crippen LogP contribution in [0.4, 0.5) is 0 Å². The zero-order valence-electron chi connectivity index (χ0n) is 16.8. The second kappa shape index (κ2) is 8.78. The van der Waals surface area contributed by atoms with Gasteiger partial charge in [0.25, 0.3) is 0 Å². The Morgan fingerprint density at radius 3 is 2.17 bits per heavy atom. The summed E-state index contributed by atoms with van der Waals surface area (Å²) < 4.78 is 2.00. The quantitative estimate of drug-likeness (QED) is 0.461. The van der Waals surface area contributed by atoms with Crippen molar-refractivity contribution >= 4 is 0 Å². The Hall–Kier alpha value is -3.34. The van der Waals surface area contributed by atoms with Gasteiger partial charge in [-0.25, -0.2) is 0 Å². The molecule has 0 unspecified atom stereocenters. The van der Waals surface area contributed by atoms with Crippen LogP contribution < -0.4 is 0 Å². The van der Waals surface area contributed by atoms with Crippen molar-refractivity contribution in [2.75, 3.05) is 0 Å². The Labute approximate surface area is 171 Å². The van der Waals surface area contributed by atoms with Gasteiger partial charge in [-0.2, -0.15) is 5.10 Å². The van der Waals surface area contributed by atoms with Crippen molar-refractivity contribution in [1.82, 2.24) is 24.7 Å². The molecule has 0 amide bonds. The third-order valence-corrected chi connectivity index (χ3v) is 4.95. The molecule has 4 heterocycles. The van der Waals surface area contributed by atoms with Crippen LogP contribution in [0.25, 0.3) is 11.3 Å². The van der Waals surface area contributed by atoms with Crippen LogP contribution >= 0.6 is 0 Å². The molecule has 0 radical (unpaired) electrons. The van der Waals surface area contributed by atoms with Gasteiger partial charge >= 0.3 is 0 Å². The van der Waals surface area contributed by atoms with E-state index in [9.17, 15) is 0 Å². The summed E-state index contributed by atoms with van der Waals surface area (Å²) in [7, 11) is 0. The average molecular weight is 383 g/mol. The Morgan fingerprint density at radius 2 is 1.55 bits per heavy atom. The van der Waals surface area contributed by atoms with Gasteiger partial charge in [0.05, 0.1) is 11.9 Å². The Bertz CT molecular complexity index is 1000. The predicted octanol–water partition coefficient (Wildman–Crippen LogP) is 4.77. The fourth-order valence-corrected chi connectivity index (χ4v) is 3.64. The van der Waals surface area contributed by atoms with Crippen molar-refractivity contribution in [2.45, 2.75) is 32.7 Å². The van der Waals surface area contributed by atoms with Crippen LogP contribution in [-0.2, 0) is 13.0 Å². The highest BCUT2D eigenvalue weighted by Gasteiger charge is 2.19. The molecule has 4 rings (SSSR count). The van der Waals surface area contributed by atoms with E-state index in [0.29, 0.717) is 5.92 Å². The first-order valence-corrected chi connectivity index (χ1v) is 9.97. The third kappa shape index (κ3) is 4.57. The summed E-state index contributed by atoms with van der Waals surface area (Å²) in [6.45, 7) is 5.29. The molecule has 29 heavy (non-hydrogen) atoms. The highest BCUT2D eigenvalue weighted by atomic mass is 15.3. The molecule has 0 aliphatic heterocycles. The molecule has 5 nitrogen and oxygen atoms in total. The number of nitrogens with zero attached hydrogens (tertiary/aromatic N) is 5. The lowest BCUT2D eigenvalue weighted by atomic mass is 9.86. The molecule has 4 aromatic rings. The van der Waals surface area contributed by atoms with Crippen molar-refractivity contribution < 1.29 is 0 Å². The average Bonchev–Trinajstić information content (AvgIpc) is 3.21. The molecule has 0 saturated heterocycles. The summed E-state index contributed by atoms with van der Waals surface area (Å²) in [4.78, 5) is 13.4. The lowest BCUT2D eigenvalue weighted by Gasteiger charge is -2.18. The summed E-state index contributed by atoms with van der Waals surface area (Å²) in [5, 5.41) is 4.53. The summed E-state index contributed by atoms with van der Waals surface area (Å²) >= 11 is 0. The number of pyridine rings is 3. The van der Waals surface area contributed by atoms with Crippen LogP contribution in [-0.4, -0.2) is 24.7 Å². The van der Waals surface area contributed by atoms with E-state index in [1.54, 1.807) is 0 Å². The Morgan fingerprint density at radius 1 is 0.862 bits per heavy atom. The molecule has 0 fully saturated rings. The zero-order valence-corrected chi connectivity index (χ0v) is 16.8. The van der Waals surface area contributed by atoms with Crippen molar-refractivity contribution in [2.24, 2.45) is 5.92 Å². The van der Waals surface area contributed by atoms with Crippen molar-refractivity contribution in [3.63, 3.8) is 0 Å². The molecule has 146 valence electrons. The molecule has 0 bridgehead atoms. The molecule has 0 spiro atoms. The lowest BCUT2D eigenvalue weighted by molar-refractivity contribution is 0.483. The molecule has 0 aliphatic rings. The third-order valence-electron chi connectivity index (χ3n) is 4.95. The van der Waals surface area contributed by atoms with Crippen LogP contribution in [0, 0.1) is 5.92 Å². The van der Waals surface area contributed by atoms with E-state index in [2.05, 4.69) is 53.3 Å². The van der Waals surface area contributed by atoms with E-state index in [0.717, 1.165) is 24.2 Å². The maximum absolute atomic E-state index is 4.70. The maximum Gasteiger partial charge on any atom is 0.0765 e. The number of hydrogen-bond acceptors (Lipinski definition) is 4. The van der Waals surface area contributed by atoms with Gasteiger partial charge in [0.1, 0.15) is 0 Å². The first-order chi connectivity index (χ1) is 14.2. The first-order valence-electron chi connectivity index (χ1n) is 9.97. The van der Waals surface area contributed by atoms with Crippen LogP contribution in [0.1, 0.15) is 36.5 Å². The maximum atomic E-state index is 4.70. The second-order valence-electron chi connectivity index (χ2n) is 7.69. The van der Waals surface area contributed by atoms with Crippen LogP contribution in [0.15, 0.2) is 79.8 Å². The summed E-state index contributed by atoms with van der Waals surface area (Å²) in [6.07, 6.45) is 14.2. The van der Waals surface area contributed by atoms with E-state index < -0.39 is 0 Å².